The van der Waals surface area contributed by atoms with Crippen LogP contribution in [0.1, 0.15) is 33.3 Å². The second-order valence-electron chi connectivity index (χ2n) is 6.03. The quantitative estimate of drug-likeness (QED) is 0.774. The number of carbonyl (C=O) groups is 1. The summed E-state index contributed by atoms with van der Waals surface area (Å²) in [6.07, 6.45) is 1.05. The molecule has 8 heteroatoms. The van der Waals surface area contributed by atoms with Gasteiger partial charge in [-0.1, -0.05) is 0 Å². The lowest BCUT2D eigenvalue weighted by Gasteiger charge is -2.21. The van der Waals surface area contributed by atoms with E-state index in [-0.39, 0.29) is 30.8 Å². The first-order valence-electron chi connectivity index (χ1n) is 7.18. The molecule has 0 aliphatic carbocycles. The molecule has 1 aromatic rings. The normalized spacial score (nSPS) is 12.4. The maximum absolute atomic E-state index is 11.6. The van der Waals surface area contributed by atoms with E-state index in [9.17, 15) is 9.70 Å². The lowest BCUT2D eigenvalue weighted by atomic mass is 10.2. The van der Waals surface area contributed by atoms with Crippen molar-refractivity contribution >= 4 is 11.8 Å². The zero-order valence-electron chi connectivity index (χ0n) is 14.1. The number of alkyl carbamates (subject to hydrolysis) is 1. The first kappa shape index (κ1) is 18.8. The number of ether oxygens (including phenoxy) is 3. The van der Waals surface area contributed by atoms with Crippen molar-refractivity contribution in [2.45, 2.75) is 45.9 Å². The molecule has 0 fully saturated rings. The minimum Gasteiger partial charge on any atom is -0.479 e. The number of nitrogens with one attached hydrogen (secondary N) is 1. The van der Waals surface area contributed by atoms with Crippen molar-refractivity contribution in [3.05, 3.63) is 22.7 Å². The summed E-state index contributed by atoms with van der Waals surface area (Å²) in [5, 5.41) is 5.53. The van der Waals surface area contributed by atoms with Gasteiger partial charge in [0, 0.05) is 6.20 Å². The van der Waals surface area contributed by atoms with Crippen LogP contribution < -0.4 is 10.1 Å². The Kier molecular flexibility index (Phi) is 6.89. The zero-order chi connectivity index (χ0) is 17.5. The lowest BCUT2D eigenvalue weighted by Crippen LogP contribution is -2.39. The molecule has 0 saturated carbocycles. The average molecular weight is 325 g/mol. The molecule has 0 aliphatic rings. The summed E-state index contributed by atoms with van der Waals surface area (Å²) < 4.78 is 15.6. The van der Waals surface area contributed by atoms with E-state index in [0.29, 0.717) is 5.56 Å². The Bertz CT molecular complexity index is 542. The van der Waals surface area contributed by atoms with Gasteiger partial charge in [0.15, 0.2) is 5.69 Å². The highest BCUT2D eigenvalue weighted by molar-refractivity contribution is 5.68. The number of aromatic nitrogens is 1. The van der Waals surface area contributed by atoms with Crippen LogP contribution in [0.25, 0.3) is 0 Å². The number of pyridine rings is 1. The Morgan fingerprint density at radius 2 is 2.13 bits per heavy atom. The Hall–Kier alpha value is -2.22. The van der Waals surface area contributed by atoms with Crippen molar-refractivity contribution < 1.29 is 19.0 Å². The number of nitroso groups, excluding NO2 is 1. The molecule has 0 spiro atoms. The van der Waals surface area contributed by atoms with Gasteiger partial charge >= 0.3 is 6.09 Å². The fourth-order valence-electron chi connectivity index (χ4n) is 1.69. The van der Waals surface area contributed by atoms with E-state index < -0.39 is 11.7 Å². The minimum atomic E-state index is -0.544. The van der Waals surface area contributed by atoms with Crippen LogP contribution in [0, 0.1) is 4.91 Å². The van der Waals surface area contributed by atoms with E-state index in [2.05, 4.69) is 15.5 Å². The standard InChI is InChI=1S/C15H23N3O5/c1-10(17-14(19)23-15(2,3)4)8-22-9-11-6-12(18-20)13(21-5)16-7-11/h6-7,10H,8-9H2,1-5H3,(H,17,19)/t10-/m1/s1. The van der Waals surface area contributed by atoms with Crippen LogP contribution in [0.4, 0.5) is 10.5 Å². The molecule has 0 unspecified atom stereocenters. The number of methoxy groups -OCH3 is 1. The van der Waals surface area contributed by atoms with Gasteiger partial charge in [-0.3, -0.25) is 0 Å². The molecular formula is C15H23N3O5. The molecule has 23 heavy (non-hydrogen) atoms. The molecule has 0 aromatic carbocycles. The van der Waals surface area contributed by atoms with Crippen LogP contribution in [-0.4, -0.2) is 36.4 Å². The summed E-state index contributed by atoms with van der Waals surface area (Å²) in [4.78, 5) is 26.2. The highest BCUT2D eigenvalue weighted by Gasteiger charge is 2.17. The van der Waals surface area contributed by atoms with E-state index >= 15 is 0 Å². The molecule has 1 heterocycles. The number of nitrogens with zero attached hydrogens (tertiary/aromatic N) is 2. The zero-order valence-corrected chi connectivity index (χ0v) is 14.1. The maximum atomic E-state index is 11.6. The minimum absolute atomic E-state index is 0.119. The smallest absolute Gasteiger partial charge is 0.407 e. The summed E-state index contributed by atoms with van der Waals surface area (Å²) in [5.74, 6) is 0.170. The Morgan fingerprint density at radius 1 is 1.43 bits per heavy atom. The van der Waals surface area contributed by atoms with Gasteiger partial charge < -0.3 is 19.5 Å². The van der Waals surface area contributed by atoms with Gasteiger partial charge in [0.1, 0.15) is 5.60 Å². The lowest BCUT2D eigenvalue weighted by molar-refractivity contribution is 0.0442. The van der Waals surface area contributed by atoms with Crippen LogP contribution >= 0.6 is 0 Å². The summed E-state index contributed by atoms with van der Waals surface area (Å²) in [7, 11) is 1.41. The fourth-order valence-corrected chi connectivity index (χ4v) is 1.69. The fraction of sp³-hybridized carbons (Fsp3) is 0.600. The molecule has 1 rings (SSSR count). The van der Waals surface area contributed by atoms with Crippen LogP contribution in [0.15, 0.2) is 17.4 Å². The van der Waals surface area contributed by atoms with Crippen molar-refractivity contribution in [1.29, 1.82) is 0 Å². The van der Waals surface area contributed by atoms with Crippen molar-refractivity contribution in [2.75, 3.05) is 13.7 Å². The Morgan fingerprint density at radius 3 is 2.70 bits per heavy atom. The van der Waals surface area contributed by atoms with E-state index in [0.717, 1.165) is 0 Å². The predicted molar refractivity (Wildman–Crippen MR) is 84.7 cm³/mol. The first-order valence-corrected chi connectivity index (χ1v) is 7.18. The van der Waals surface area contributed by atoms with Crippen molar-refractivity contribution in [3.8, 4) is 5.88 Å². The van der Waals surface area contributed by atoms with Crippen LogP contribution in [0.3, 0.4) is 0 Å². The summed E-state index contributed by atoms with van der Waals surface area (Å²) in [6, 6.07) is 1.32. The van der Waals surface area contributed by atoms with Crippen molar-refractivity contribution in [1.82, 2.24) is 10.3 Å². The van der Waals surface area contributed by atoms with Gasteiger partial charge in [-0.15, -0.1) is 4.91 Å². The predicted octanol–water partition coefficient (Wildman–Crippen LogP) is 2.92. The van der Waals surface area contributed by atoms with E-state index in [1.807, 2.05) is 0 Å². The summed E-state index contributed by atoms with van der Waals surface area (Å²) in [5.41, 5.74) is 0.260. The third kappa shape index (κ3) is 7.05. The van der Waals surface area contributed by atoms with Gasteiger partial charge in [0.05, 0.1) is 26.4 Å². The molecular weight excluding hydrogens is 302 g/mol. The van der Waals surface area contributed by atoms with Gasteiger partial charge in [0.25, 0.3) is 0 Å². The number of carbonyl (C=O) groups excluding carboxylic acids is 1. The summed E-state index contributed by atoms with van der Waals surface area (Å²) >= 11 is 0. The van der Waals surface area contributed by atoms with Gasteiger partial charge in [-0.05, 0) is 44.5 Å². The van der Waals surface area contributed by atoms with Gasteiger partial charge in [-0.2, -0.15) is 0 Å². The second-order valence-corrected chi connectivity index (χ2v) is 6.03. The molecule has 1 atom stereocenters. The van der Waals surface area contributed by atoms with Crippen molar-refractivity contribution in [2.24, 2.45) is 5.18 Å². The molecule has 128 valence electrons. The maximum Gasteiger partial charge on any atom is 0.407 e. The molecule has 0 aliphatic heterocycles. The molecule has 1 aromatic heterocycles. The van der Waals surface area contributed by atoms with E-state index in [4.69, 9.17) is 14.2 Å². The van der Waals surface area contributed by atoms with Gasteiger partial charge in [-0.25, -0.2) is 9.78 Å². The van der Waals surface area contributed by atoms with Crippen LogP contribution in [0.2, 0.25) is 0 Å². The molecule has 1 N–H and O–H groups in total. The average Bonchev–Trinajstić information content (AvgIpc) is 2.44. The van der Waals surface area contributed by atoms with E-state index in [1.54, 1.807) is 40.0 Å². The molecule has 0 radical (unpaired) electrons. The molecule has 0 saturated heterocycles. The topological polar surface area (TPSA) is 99.1 Å². The molecule has 1 amide bonds. The Labute approximate surface area is 135 Å². The highest BCUT2D eigenvalue weighted by Crippen LogP contribution is 2.25. The van der Waals surface area contributed by atoms with Crippen LogP contribution in [0.5, 0.6) is 5.88 Å². The number of rotatable bonds is 7. The highest BCUT2D eigenvalue weighted by atomic mass is 16.6. The molecule has 8 nitrogen and oxygen atoms in total. The molecule has 0 bridgehead atoms. The number of hydrogen-bond acceptors (Lipinski definition) is 7. The van der Waals surface area contributed by atoms with Gasteiger partial charge in [0.2, 0.25) is 5.88 Å². The number of hydrogen-bond donors (Lipinski definition) is 1. The SMILES string of the molecule is COc1ncc(COC[C@@H](C)NC(=O)OC(C)(C)C)cc1N=O. The summed E-state index contributed by atoms with van der Waals surface area (Å²) in [6.45, 7) is 7.71. The van der Waals surface area contributed by atoms with Crippen LogP contribution in [-0.2, 0) is 16.1 Å². The Balaban J connectivity index is 2.41. The van der Waals surface area contributed by atoms with Crippen molar-refractivity contribution in [3.63, 3.8) is 0 Å². The third-order valence-corrected chi connectivity index (χ3v) is 2.58. The largest absolute Gasteiger partial charge is 0.479 e. The number of amides is 1. The monoisotopic (exact) mass is 325 g/mol. The second kappa shape index (κ2) is 8.42. The van der Waals surface area contributed by atoms with E-state index in [1.165, 1.54) is 7.11 Å². The third-order valence-electron chi connectivity index (χ3n) is 2.58. The first-order chi connectivity index (χ1) is 10.7.